The summed E-state index contributed by atoms with van der Waals surface area (Å²) in [6, 6.07) is 12.1. The fourth-order valence-electron chi connectivity index (χ4n) is 1.50. The van der Waals surface area contributed by atoms with E-state index in [1.807, 2.05) is 18.2 Å². The molecule has 5 nitrogen and oxygen atoms in total. The number of benzene rings is 1. The van der Waals surface area contributed by atoms with Crippen LogP contribution in [0.2, 0.25) is 0 Å². The Balaban J connectivity index is 2.20. The summed E-state index contributed by atoms with van der Waals surface area (Å²) in [5, 5.41) is 2.43. The largest absolute Gasteiger partial charge is 0.444 e. The minimum absolute atomic E-state index is 0.00581. The Morgan fingerprint density at radius 3 is 2.40 bits per heavy atom. The first kappa shape index (κ1) is 14.1. The maximum absolute atomic E-state index is 11.9. The zero-order valence-corrected chi connectivity index (χ0v) is 11.9. The van der Waals surface area contributed by atoms with Crippen LogP contribution in [0.1, 0.15) is 16.1 Å². The minimum atomic E-state index is -0.729. The molecule has 20 heavy (non-hydrogen) atoms. The first-order chi connectivity index (χ1) is 9.56. The lowest BCUT2D eigenvalue weighted by atomic mass is 10.2. The van der Waals surface area contributed by atoms with E-state index < -0.39 is 11.8 Å². The van der Waals surface area contributed by atoms with Gasteiger partial charge in [0.2, 0.25) is 0 Å². The maximum Gasteiger partial charge on any atom is 0.291 e. The molecule has 6 heteroatoms. The molecule has 2 amide bonds. The lowest BCUT2D eigenvalue weighted by molar-refractivity contribution is -0.114. The molecule has 0 fully saturated rings. The molecule has 102 valence electrons. The van der Waals surface area contributed by atoms with Gasteiger partial charge >= 0.3 is 0 Å². The van der Waals surface area contributed by atoms with Crippen molar-refractivity contribution in [3.63, 3.8) is 0 Å². The predicted molar refractivity (Wildman–Crippen MR) is 77.5 cm³/mol. The summed E-state index contributed by atoms with van der Waals surface area (Å²) in [6.07, 6.45) is 1.50. The number of carbonyl (C=O) groups is 2. The van der Waals surface area contributed by atoms with Crippen LogP contribution in [0.3, 0.4) is 0 Å². The summed E-state index contributed by atoms with van der Waals surface area (Å²) in [4.78, 5) is 23.3. The fraction of sp³-hybridized carbons (Fsp3) is 0. The molecule has 1 aromatic carbocycles. The van der Waals surface area contributed by atoms with Crippen molar-refractivity contribution in [2.45, 2.75) is 0 Å². The second kappa shape index (κ2) is 6.21. The lowest BCUT2D eigenvalue weighted by Crippen LogP contribution is -2.30. The van der Waals surface area contributed by atoms with Crippen molar-refractivity contribution in [2.75, 3.05) is 0 Å². The van der Waals surface area contributed by atoms with Crippen molar-refractivity contribution in [3.8, 4) is 0 Å². The van der Waals surface area contributed by atoms with Gasteiger partial charge in [0.1, 0.15) is 5.70 Å². The minimum Gasteiger partial charge on any atom is -0.444 e. The van der Waals surface area contributed by atoms with Gasteiger partial charge in [-0.15, -0.1) is 0 Å². The molecule has 0 spiro atoms. The van der Waals surface area contributed by atoms with Crippen LogP contribution in [0, 0.1) is 0 Å². The molecule has 0 saturated heterocycles. The third-order valence-electron chi connectivity index (χ3n) is 2.42. The van der Waals surface area contributed by atoms with Crippen LogP contribution in [0.25, 0.3) is 6.08 Å². The molecule has 0 aliphatic carbocycles. The number of nitrogens with two attached hydrogens (primary N) is 1. The van der Waals surface area contributed by atoms with Crippen molar-refractivity contribution >= 4 is 33.8 Å². The van der Waals surface area contributed by atoms with Gasteiger partial charge in [-0.25, -0.2) is 0 Å². The third-order valence-corrected chi connectivity index (χ3v) is 2.85. The molecular formula is C14H11BrN2O3. The van der Waals surface area contributed by atoms with Crippen molar-refractivity contribution < 1.29 is 14.0 Å². The topological polar surface area (TPSA) is 85.3 Å². The van der Waals surface area contributed by atoms with Gasteiger partial charge < -0.3 is 15.5 Å². The number of hydrogen-bond acceptors (Lipinski definition) is 3. The van der Waals surface area contributed by atoms with E-state index in [1.165, 1.54) is 12.1 Å². The fourth-order valence-corrected chi connectivity index (χ4v) is 1.81. The molecule has 0 atom stereocenters. The van der Waals surface area contributed by atoms with Gasteiger partial charge in [0.25, 0.3) is 11.8 Å². The highest BCUT2D eigenvalue weighted by Gasteiger charge is 2.14. The highest BCUT2D eigenvalue weighted by Crippen LogP contribution is 2.14. The van der Waals surface area contributed by atoms with Gasteiger partial charge in [0.15, 0.2) is 10.4 Å². The molecule has 1 aromatic heterocycles. The molecule has 0 radical (unpaired) electrons. The van der Waals surface area contributed by atoms with E-state index in [0.717, 1.165) is 5.56 Å². The van der Waals surface area contributed by atoms with Crippen LogP contribution in [0.4, 0.5) is 0 Å². The van der Waals surface area contributed by atoms with Crippen LogP contribution in [-0.2, 0) is 4.79 Å². The number of primary amides is 1. The average molecular weight is 335 g/mol. The summed E-state index contributed by atoms with van der Waals surface area (Å²) < 4.78 is 5.53. The monoisotopic (exact) mass is 334 g/mol. The zero-order chi connectivity index (χ0) is 14.5. The van der Waals surface area contributed by atoms with Gasteiger partial charge in [-0.3, -0.25) is 9.59 Å². The van der Waals surface area contributed by atoms with Crippen molar-refractivity contribution in [3.05, 3.63) is 64.2 Å². The van der Waals surface area contributed by atoms with E-state index in [-0.39, 0.29) is 11.5 Å². The quantitative estimate of drug-likeness (QED) is 0.841. The second-order valence-electron chi connectivity index (χ2n) is 3.89. The number of rotatable bonds is 4. The second-order valence-corrected chi connectivity index (χ2v) is 4.67. The number of amides is 2. The van der Waals surface area contributed by atoms with Gasteiger partial charge in [-0.05, 0) is 39.7 Å². The SMILES string of the molecule is NC(=O)C(=Cc1ccccc1)NC(=O)c1ccc(Br)o1. The van der Waals surface area contributed by atoms with E-state index in [1.54, 1.807) is 18.2 Å². The van der Waals surface area contributed by atoms with Gasteiger partial charge in [0.05, 0.1) is 0 Å². The van der Waals surface area contributed by atoms with Crippen LogP contribution < -0.4 is 11.1 Å². The number of furan rings is 1. The molecule has 1 heterocycles. The Bertz CT molecular complexity index is 662. The van der Waals surface area contributed by atoms with E-state index in [4.69, 9.17) is 10.2 Å². The Morgan fingerprint density at radius 1 is 1.15 bits per heavy atom. The predicted octanol–water partition coefficient (Wildman–Crippen LogP) is 2.30. The van der Waals surface area contributed by atoms with Crippen LogP contribution in [0.15, 0.2) is 57.2 Å². The molecule has 0 aliphatic rings. The Hall–Kier alpha value is -2.34. The van der Waals surface area contributed by atoms with Gasteiger partial charge in [-0.1, -0.05) is 30.3 Å². The molecule has 0 unspecified atom stereocenters. The Labute approximate surface area is 123 Å². The summed E-state index contributed by atoms with van der Waals surface area (Å²) in [5.74, 6) is -1.19. The molecule has 0 aliphatic heterocycles. The first-order valence-electron chi connectivity index (χ1n) is 5.69. The van der Waals surface area contributed by atoms with E-state index in [0.29, 0.717) is 4.67 Å². The lowest BCUT2D eigenvalue weighted by Gasteiger charge is -2.05. The smallest absolute Gasteiger partial charge is 0.291 e. The highest BCUT2D eigenvalue weighted by molar-refractivity contribution is 9.10. The Kier molecular flexibility index (Phi) is 4.37. The summed E-state index contributed by atoms with van der Waals surface area (Å²) in [7, 11) is 0. The summed E-state index contributed by atoms with van der Waals surface area (Å²) in [5.41, 5.74) is 6.00. The number of nitrogens with one attached hydrogen (secondary N) is 1. The molecule has 3 N–H and O–H groups in total. The van der Waals surface area contributed by atoms with Crippen molar-refractivity contribution in [1.29, 1.82) is 0 Å². The highest BCUT2D eigenvalue weighted by atomic mass is 79.9. The first-order valence-corrected chi connectivity index (χ1v) is 6.49. The summed E-state index contributed by atoms with van der Waals surface area (Å²) >= 11 is 3.10. The standard InChI is InChI=1S/C14H11BrN2O3/c15-12-7-6-11(20-12)14(19)17-10(13(16)18)8-9-4-2-1-3-5-9/h1-8H,(H2,16,18)(H,17,19). The molecule has 2 rings (SSSR count). The van der Waals surface area contributed by atoms with Crippen molar-refractivity contribution in [2.24, 2.45) is 5.73 Å². The Morgan fingerprint density at radius 2 is 1.85 bits per heavy atom. The normalized spacial score (nSPS) is 11.2. The van der Waals surface area contributed by atoms with E-state index >= 15 is 0 Å². The summed E-state index contributed by atoms with van der Waals surface area (Å²) in [6.45, 7) is 0. The van der Waals surface area contributed by atoms with Crippen LogP contribution in [0.5, 0.6) is 0 Å². The van der Waals surface area contributed by atoms with Crippen LogP contribution >= 0.6 is 15.9 Å². The number of hydrogen-bond donors (Lipinski definition) is 2. The molecule has 0 saturated carbocycles. The zero-order valence-electron chi connectivity index (χ0n) is 10.3. The average Bonchev–Trinajstić information content (AvgIpc) is 2.86. The van der Waals surface area contributed by atoms with Gasteiger partial charge in [0, 0.05) is 0 Å². The van der Waals surface area contributed by atoms with Crippen molar-refractivity contribution in [1.82, 2.24) is 5.32 Å². The maximum atomic E-state index is 11.9. The van der Waals surface area contributed by atoms with E-state index in [9.17, 15) is 9.59 Å². The molecule has 2 aromatic rings. The molecule has 0 bridgehead atoms. The van der Waals surface area contributed by atoms with Crippen LogP contribution in [-0.4, -0.2) is 11.8 Å². The van der Waals surface area contributed by atoms with E-state index in [2.05, 4.69) is 21.2 Å². The third kappa shape index (κ3) is 3.58. The number of halogens is 1. The molecular weight excluding hydrogens is 324 g/mol. The number of carbonyl (C=O) groups excluding carboxylic acids is 2. The van der Waals surface area contributed by atoms with Gasteiger partial charge in [-0.2, -0.15) is 0 Å².